The lowest BCUT2D eigenvalue weighted by molar-refractivity contribution is 0.0612. The van der Waals surface area contributed by atoms with Crippen LogP contribution in [0.4, 0.5) is 0 Å². The van der Waals surface area contributed by atoms with Gasteiger partial charge in [0, 0.05) is 13.1 Å². The Morgan fingerprint density at radius 3 is 2.90 bits per heavy atom. The van der Waals surface area contributed by atoms with Gasteiger partial charge in [0.25, 0.3) is 0 Å². The summed E-state index contributed by atoms with van der Waals surface area (Å²) in [6.45, 7) is 2.67. The van der Waals surface area contributed by atoms with Crippen molar-refractivity contribution in [2.24, 2.45) is 0 Å². The first-order chi connectivity index (χ1) is 4.83. The number of hydrogen-bond acceptors (Lipinski definition) is 3. The fourth-order valence-corrected chi connectivity index (χ4v) is 1.38. The molecule has 2 N–H and O–H groups in total. The first-order valence-corrected chi connectivity index (χ1v) is 3.84. The molecule has 60 valence electrons. The van der Waals surface area contributed by atoms with Gasteiger partial charge in [-0.3, -0.25) is 4.90 Å². The third kappa shape index (κ3) is 2.25. The molecule has 1 fully saturated rings. The molecule has 0 spiro atoms. The van der Waals surface area contributed by atoms with E-state index < -0.39 is 0 Å². The summed E-state index contributed by atoms with van der Waals surface area (Å²) in [5, 5.41) is 17.8. The molecule has 1 rings (SSSR count). The lowest BCUT2D eigenvalue weighted by Crippen LogP contribution is -2.39. The predicted molar refractivity (Wildman–Crippen MR) is 38.8 cm³/mol. The molecule has 0 saturated carbocycles. The van der Waals surface area contributed by atoms with Gasteiger partial charge in [0.2, 0.25) is 0 Å². The summed E-state index contributed by atoms with van der Waals surface area (Å²) >= 11 is 0. The maximum Gasteiger partial charge on any atom is 0.0667 e. The van der Waals surface area contributed by atoms with Crippen LogP contribution >= 0.6 is 0 Å². The highest BCUT2D eigenvalue weighted by molar-refractivity contribution is 4.70. The molecule has 1 aliphatic rings. The normalized spacial score (nSPS) is 28.8. The Bertz CT molecular complexity index is 95.6. The topological polar surface area (TPSA) is 43.7 Å². The van der Waals surface area contributed by atoms with E-state index in [2.05, 4.69) is 4.90 Å². The van der Waals surface area contributed by atoms with Gasteiger partial charge in [-0.05, 0) is 19.4 Å². The Labute approximate surface area is 61.3 Å². The van der Waals surface area contributed by atoms with Crippen molar-refractivity contribution >= 4 is 0 Å². The fraction of sp³-hybridized carbons (Fsp3) is 1.00. The highest BCUT2D eigenvalue weighted by Gasteiger charge is 2.16. The van der Waals surface area contributed by atoms with Crippen LogP contribution in [0.1, 0.15) is 12.8 Å². The Kier molecular flexibility index (Phi) is 3.12. The van der Waals surface area contributed by atoms with Crippen molar-refractivity contribution in [1.29, 1.82) is 0 Å². The minimum Gasteiger partial charge on any atom is -0.395 e. The highest BCUT2D eigenvalue weighted by atomic mass is 16.3. The zero-order chi connectivity index (χ0) is 7.40. The smallest absolute Gasteiger partial charge is 0.0667 e. The SMILES string of the molecule is OCCN1CCC[C@H](O)C1. The molecule has 0 bridgehead atoms. The van der Waals surface area contributed by atoms with Crippen molar-refractivity contribution in [3.63, 3.8) is 0 Å². The molecule has 0 aromatic carbocycles. The Hall–Kier alpha value is -0.120. The van der Waals surface area contributed by atoms with Gasteiger partial charge in [0.1, 0.15) is 0 Å². The number of hydrogen-bond donors (Lipinski definition) is 2. The molecule has 1 saturated heterocycles. The molecular weight excluding hydrogens is 130 g/mol. The highest BCUT2D eigenvalue weighted by Crippen LogP contribution is 2.08. The van der Waals surface area contributed by atoms with Crippen LogP contribution < -0.4 is 0 Å². The van der Waals surface area contributed by atoms with Gasteiger partial charge >= 0.3 is 0 Å². The molecule has 10 heavy (non-hydrogen) atoms. The Balaban J connectivity index is 2.18. The van der Waals surface area contributed by atoms with E-state index >= 15 is 0 Å². The molecule has 0 aliphatic carbocycles. The summed E-state index contributed by atoms with van der Waals surface area (Å²) in [7, 11) is 0. The minimum absolute atomic E-state index is 0.166. The monoisotopic (exact) mass is 145 g/mol. The number of aliphatic hydroxyl groups excluding tert-OH is 2. The number of likely N-dealkylation sites (tertiary alicyclic amines) is 1. The van der Waals surface area contributed by atoms with E-state index in [0.29, 0.717) is 6.54 Å². The van der Waals surface area contributed by atoms with Gasteiger partial charge in [0.15, 0.2) is 0 Å². The standard InChI is InChI=1S/C7H15NO2/c9-5-4-8-3-1-2-7(10)6-8/h7,9-10H,1-6H2/t7-/m0/s1. The van der Waals surface area contributed by atoms with Gasteiger partial charge in [-0.15, -0.1) is 0 Å². The fourth-order valence-electron chi connectivity index (χ4n) is 1.38. The van der Waals surface area contributed by atoms with Gasteiger partial charge in [-0.2, -0.15) is 0 Å². The predicted octanol–water partition coefficient (Wildman–Crippen LogP) is -0.565. The molecule has 0 aromatic heterocycles. The minimum atomic E-state index is -0.166. The zero-order valence-corrected chi connectivity index (χ0v) is 6.16. The van der Waals surface area contributed by atoms with Crippen LogP contribution in [-0.4, -0.2) is 47.5 Å². The van der Waals surface area contributed by atoms with Crippen LogP contribution in [0.25, 0.3) is 0 Å². The van der Waals surface area contributed by atoms with Crippen molar-refractivity contribution < 1.29 is 10.2 Å². The van der Waals surface area contributed by atoms with E-state index in [0.717, 1.165) is 25.9 Å². The third-order valence-corrected chi connectivity index (χ3v) is 1.90. The number of aliphatic hydroxyl groups is 2. The van der Waals surface area contributed by atoms with E-state index in [9.17, 15) is 5.11 Å². The Morgan fingerprint density at radius 1 is 1.50 bits per heavy atom. The zero-order valence-electron chi connectivity index (χ0n) is 6.16. The van der Waals surface area contributed by atoms with Crippen LogP contribution in [0, 0.1) is 0 Å². The molecule has 3 nitrogen and oxygen atoms in total. The van der Waals surface area contributed by atoms with Crippen LogP contribution in [0.5, 0.6) is 0 Å². The molecule has 0 aromatic rings. The first kappa shape index (κ1) is 7.98. The third-order valence-electron chi connectivity index (χ3n) is 1.90. The maximum absolute atomic E-state index is 9.18. The molecule has 0 unspecified atom stereocenters. The second-order valence-electron chi connectivity index (χ2n) is 2.82. The van der Waals surface area contributed by atoms with Crippen LogP contribution in [0.2, 0.25) is 0 Å². The number of β-amino-alcohol motifs (C(OH)–C–C–N with tert-alkyl or cyclic N) is 2. The average Bonchev–Trinajstić information content (AvgIpc) is 1.88. The molecule has 1 atom stereocenters. The molecule has 1 aliphatic heterocycles. The maximum atomic E-state index is 9.18. The lowest BCUT2D eigenvalue weighted by Gasteiger charge is -2.29. The van der Waals surface area contributed by atoms with Crippen molar-refractivity contribution in [2.75, 3.05) is 26.2 Å². The molecule has 0 amide bonds. The molecule has 3 heteroatoms. The summed E-state index contributed by atoms with van der Waals surface area (Å²) in [6.07, 6.45) is 1.81. The molecule has 1 heterocycles. The van der Waals surface area contributed by atoms with Gasteiger partial charge in [0.05, 0.1) is 12.7 Å². The van der Waals surface area contributed by atoms with E-state index in [1.807, 2.05) is 0 Å². The summed E-state index contributed by atoms with van der Waals surface area (Å²) in [5.41, 5.74) is 0. The van der Waals surface area contributed by atoms with E-state index in [1.165, 1.54) is 0 Å². The number of rotatable bonds is 2. The largest absolute Gasteiger partial charge is 0.395 e. The van der Waals surface area contributed by atoms with Gasteiger partial charge in [-0.25, -0.2) is 0 Å². The summed E-state index contributed by atoms with van der Waals surface area (Å²) in [4.78, 5) is 2.09. The number of nitrogens with zero attached hydrogens (tertiary/aromatic N) is 1. The van der Waals surface area contributed by atoms with E-state index in [4.69, 9.17) is 5.11 Å². The van der Waals surface area contributed by atoms with Crippen molar-refractivity contribution in [3.05, 3.63) is 0 Å². The quantitative estimate of drug-likeness (QED) is 0.547. The van der Waals surface area contributed by atoms with Crippen LogP contribution in [0.15, 0.2) is 0 Å². The number of piperidine rings is 1. The summed E-state index contributed by atoms with van der Waals surface area (Å²) < 4.78 is 0. The van der Waals surface area contributed by atoms with Crippen LogP contribution in [0.3, 0.4) is 0 Å². The summed E-state index contributed by atoms with van der Waals surface area (Å²) in [6, 6.07) is 0. The second-order valence-corrected chi connectivity index (χ2v) is 2.82. The van der Waals surface area contributed by atoms with Crippen LogP contribution in [-0.2, 0) is 0 Å². The van der Waals surface area contributed by atoms with Crippen molar-refractivity contribution in [2.45, 2.75) is 18.9 Å². The lowest BCUT2D eigenvalue weighted by atomic mass is 10.1. The van der Waals surface area contributed by atoms with Crippen molar-refractivity contribution in [1.82, 2.24) is 4.90 Å². The van der Waals surface area contributed by atoms with E-state index in [-0.39, 0.29) is 12.7 Å². The van der Waals surface area contributed by atoms with Crippen molar-refractivity contribution in [3.8, 4) is 0 Å². The first-order valence-electron chi connectivity index (χ1n) is 3.84. The second kappa shape index (κ2) is 3.91. The molecule has 0 radical (unpaired) electrons. The summed E-state index contributed by atoms with van der Waals surface area (Å²) in [5.74, 6) is 0. The molecular formula is C7H15NO2. The average molecular weight is 145 g/mol. The van der Waals surface area contributed by atoms with Gasteiger partial charge in [-0.1, -0.05) is 0 Å². The van der Waals surface area contributed by atoms with E-state index in [1.54, 1.807) is 0 Å². The Morgan fingerprint density at radius 2 is 2.30 bits per heavy atom. The van der Waals surface area contributed by atoms with Gasteiger partial charge < -0.3 is 10.2 Å².